The van der Waals surface area contributed by atoms with Gasteiger partial charge in [0.2, 0.25) is 0 Å². The summed E-state index contributed by atoms with van der Waals surface area (Å²) in [4.78, 5) is 8.51. The van der Waals surface area contributed by atoms with Crippen molar-refractivity contribution in [2.45, 2.75) is 19.4 Å². The molecule has 5 nitrogen and oxygen atoms in total. The molecule has 0 fully saturated rings. The number of nitrogens with zero attached hydrogens (tertiary/aromatic N) is 2. The monoisotopic (exact) mass is 283 g/mol. The van der Waals surface area contributed by atoms with Gasteiger partial charge >= 0.3 is 0 Å². The Bertz CT molecular complexity index is 751. The minimum absolute atomic E-state index is 0.292. The molecular formula is C16H17N3O2. The molecule has 0 aliphatic heterocycles. The van der Waals surface area contributed by atoms with Crippen molar-refractivity contribution in [3.05, 3.63) is 54.2 Å². The Hall–Kier alpha value is -2.40. The third-order valence-electron chi connectivity index (χ3n) is 3.44. The Morgan fingerprint density at radius 1 is 1.29 bits per heavy atom. The lowest BCUT2D eigenvalue weighted by Gasteiger charge is -2.21. The molecule has 2 N–H and O–H groups in total. The number of aryl methyl sites for hydroxylation is 1. The zero-order chi connectivity index (χ0) is 14.9. The zero-order valence-electron chi connectivity index (χ0n) is 12.0. The molecule has 0 amide bonds. The van der Waals surface area contributed by atoms with E-state index < -0.39 is 5.60 Å². The van der Waals surface area contributed by atoms with E-state index >= 15 is 0 Å². The van der Waals surface area contributed by atoms with Crippen molar-refractivity contribution in [1.29, 1.82) is 0 Å². The average molecular weight is 283 g/mol. The molecule has 0 bridgehead atoms. The Morgan fingerprint density at radius 3 is 2.90 bits per heavy atom. The predicted octanol–water partition coefficient (Wildman–Crippen LogP) is 2.85. The van der Waals surface area contributed by atoms with Crippen molar-refractivity contribution in [2.75, 3.05) is 11.9 Å². The summed E-state index contributed by atoms with van der Waals surface area (Å²) in [6.45, 7) is 4.02. The third-order valence-corrected chi connectivity index (χ3v) is 3.44. The number of aromatic nitrogens is 2. The maximum atomic E-state index is 10.5. The Balaban J connectivity index is 1.87. The fourth-order valence-corrected chi connectivity index (χ4v) is 2.24. The van der Waals surface area contributed by atoms with Crippen LogP contribution in [0.4, 0.5) is 5.82 Å². The Labute approximate surface area is 122 Å². The number of aliphatic hydroxyl groups is 1. The van der Waals surface area contributed by atoms with Crippen molar-refractivity contribution in [2.24, 2.45) is 0 Å². The predicted molar refractivity (Wildman–Crippen MR) is 81.0 cm³/mol. The van der Waals surface area contributed by atoms with Crippen LogP contribution in [0.2, 0.25) is 0 Å². The van der Waals surface area contributed by atoms with Crippen molar-refractivity contribution >= 4 is 16.7 Å². The van der Waals surface area contributed by atoms with Gasteiger partial charge in [-0.1, -0.05) is 11.6 Å². The van der Waals surface area contributed by atoms with Crippen LogP contribution in [0.25, 0.3) is 10.9 Å². The van der Waals surface area contributed by atoms with Crippen LogP contribution in [0.1, 0.15) is 18.2 Å². The first-order chi connectivity index (χ1) is 10.1. The van der Waals surface area contributed by atoms with E-state index in [2.05, 4.69) is 15.3 Å². The first kappa shape index (κ1) is 13.6. The molecule has 1 unspecified atom stereocenters. The molecule has 108 valence electrons. The second-order valence-corrected chi connectivity index (χ2v) is 5.35. The van der Waals surface area contributed by atoms with Gasteiger partial charge in [0.05, 0.1) is 18.3 Å². The molecule has 0 radical (unpaired) electrons. The fraction of sp³-hybridized carbons (Fsp3) is 0.250. The molecule has 0 aliphatic rings. The van der Waals surface area contributed by atoms with Crippen LogP contribution in [0.3, 0.4) is 0 Å². The molecule has 2 heterocycles. The van der Waals surface area contributed by atoms with Crippen LogP contribution in [-0.2, 0) is 5.60 Å². The van der Waals surface area contributed by atoms with E-state index in [1.807, 2.05) is 25.1 Å². The van der Waals surface area contributed by atoms with Gasteiger partial charge in [-0.15, -0.1) is 0 Å². The zero-order valence-corrected chi connectivity index (χ0v) is 12.0. The normalized spacial score (nSPS) is 14.0. The van der Waals surface area contributed by atoms with Crippen LogP contribution in [-0.4, -0.2) is 21.6 Å². The largest absolute Gasteiger partial charge is 0.466 e. The van der Waals surface area contributed by atoms with E-state index in [9.17, 15) is 5.11 Å². The highest BCUT2D eigenvalue weighted by Gasteiger charge is 2.26. The summed E-state index contributed by atoms with van der Waals surface area (Å²) >= 11 is 0. The van der Waals surface area contributed by atoms with Crippen molar-refractivity contribution in [1.82, 2.24) is 9.97 Å². The number of furan rings is 1. The molecule has 1 atom stereocenters. The van der Waals surface area contributed by atoms with Gasteiger partial charge in [-0.25, -0.2) is 9.97 Å². The number of hydrogen-bond donors (Lipinski definition) is 2. The summed E-state index contributed by atoms with van der Waals surface area (Å²) < 4.78 is 5.27. The van der Waals surface area contributed by atoms with Gasteiger partial charge in [0, 0.05) is 5.39 Å². The molecule has 3 aromatic rings. The van der Waals surface area contributed by atoms with Crippen LogP contribution >= 0.6 is 0 Å². The second-order valence-electron chi connectivity index (χ2n) is 5.35. The lowest BCUT2D eigenvalue weighted by Crippen LogP contribution is -2.30. The molecule has 0 saturated carbocycles. The van der Waals surface area contributed by atoms with E-state index in [0.717, 1.165) is 16.5 Å². The van der Waals surface area contributed by atoms with E-state index in [0.29, 0.717) is 18.1 Å². The summed E-state index contributed by atoms with van der Waals surface area (Å²) in [6, 6.07) is 9.51. The van der Waals surface area contributed by atoms with E-state index in [1.165, 1.54) is 6.33 Å². The molecule has 21 heavy (non-hydrogen) atoms. The summed E-state index contributed by atoms with van der Waals surface area (Å²) in [6.07, 6.45) is 3.06. The summed E-state index contributed by atoms with van der Waals surface area (Å²) in [5.41, 5.74) is 0.902. The quantitative estimate of drug-likeness (QED) is 0.770. The maximum absolute atomic E-state index is 10.5. The van der Waals surface area contributed by atoms with Gasteiger partial charge in [-0.2, -0.15) is 0 Å². The van der Waals surface area contributed by atoms with E-state index in [-0.39, 0.29) is 0 Å². The number of nitrogens with one attached hydrogen (secondary N) is 1. The Kier molecular flexibility index (Phi) is 3.35. The Morgan fingerprint density at radius 2 is 2.14 bits per heavy atom. The minimum atomic E-state index is -1.11. The molecule has 0 aliphatic carbocycles. The van der Waals surface area contributed by atoms with Crippen molar-refractivity contribution < 1.29 is 9.52 Å². The molecule has 1 aromatic carbocycles. The number of fused-ring (bicyclic) bond motifs is 1. The first-order valence-electron chi connectivity index (χ1n) is 6.78. The molecular weight excluding hydrogens is 266 g/mol. The standard InChI is InChI=1S/C16H17N3O2/c1-11-5-6-13-12(8-11)15(19-10-18-13)17-9-16(2,20)14-4-3-7-21-14/h3-8,10,20H,9H2,1-2H3,(H,17,18,19). The molecule has 0 spiro atoms. The second kappa shape index (κ2) is 5.18. The number of rotatable bonds is 4. The van der Waals surface area contributed by atoms with Gasteiger partial charge < -0.3 is 14.8 Å². The summed E-state index contributed by atoms with van der Waals surface area (Å²) in [7, 11) is 0. The lowest BCUT2D eigenvalue weighted by atomic mass is 10.0. The number of hydrogen-bond acceptors (Lipinski definition) is 5. The van der Waals surface area contributed by atoms with Crippen LogP contribution in [0, 0.1) is 6.92 Å². The lowest BCUT2D eigenvalue weighted by molar-refractivity contribution is 0.0476. The number of benzene rings is 1. The van der Waals surface area contributed by atoms with Gasteiger partial charge in [0.25, 0.3) is 0 Å². The molecule has 0 saturated heterocycles. The highest BCUT2D eigenvalue weighted by Crippen LogP contribution is 2.24. The average Bonchev–Trinajstić information content (AvgIpc) is 3.00. The van der Waals surface area contributed by atoms with Crippen LogP contribution in [0.5, 0.6) is 0 Å². The maximum Gasteiger partial charge on any atom is 0.137 e. The first-order valence-corrected chi connectivity index (χ1v) is 6.78. The van der Waals surface area contributed by atoms with Crippen molar-refractivity contribution in [3.63, 3.8) is 0 Å². The minimum Gasteiger partial charge on any atom is -0.466 e. The van der Waals surface area contributed by atoms with Crippen LogP contribution < -0.4 is 5.32 Å². The van der Waals surface area contributed by atoms with Gasteiger partial charge in [-0.05, 0) is 38.1 Å². The van der Waals surface area contributed by atoms with Gasteiger partial charge in [-0.3, -0.25) is 0 Å². The summed E-state index contributed by atoms with van der Waals surface area (Å²) in [5, 5.41) is 14.6. The van der Waals surface area contributed by atoms with Crippen LogP contribution in [0.15, 0.2) is 47.3 Å². The highest BCUT2D eigenvalue weighted by atomic mass is 16.4. The molecule has 3 rings (SSSR count). The smallest absolute Gasteiger partial charge is 0.137 e. The SMILES string of the molecule is Cc1ccc2ncnc(NCC(C)(O)c3ccco3)c2c1. The van der Waals surface area contributed by atoms with Gasteiger partial charge in [0.1, 0.15) is 23.5 Å². The van der Waals surface area contributed by atoms with E-state index in [4.69, 9.17) is 4.42 Å². The molecule has 2 aromatic heterocycles. The topological polar surface area (TPSA) is 71.2 Å². The van der Waals surface area contributed by atoms with E-state index in [1.54, 1.807) is 25.3 Å². The molecule has 5 heteroatoms. The summed E-state index contributed by atoms with van der Waals surface area (Å²) in [5.74, 6) is 1.22. The number of anilines is 1. The fourth-order valence-electron chi connectivity index (χ4n) is 2.24. The third kappa shape index (κ3) is 2.73. The van der Waals surface area contributed by atoms with Gasteiger partial charge in [0.15, 0.2) is 0 Å². The van der Waals surface area contributed by atoms with Crippen molar-refractivity contribution in [3.8, 4) is 0 Å². The highest BCUT2D eigenvalue weighted by molar-refractivity contribution is 5.89.